The lowest BCUT2D eigenvalue weighted by Crippen LogP contribution is -2.78. The predicted octanol–water partition coefficient (Wildman–Crippen LogP) is -2.98. The number of nitrogens with one attached hydrogen (secondary N) is 11. The first-order valence-electron chi connectivity index (χ1n) is 28.9. The third-order valence-corrected chi connectivity index (χ3v) is 12.9. The Labute approximate surface area is 470 Å². The van der Waals surface area contributed by atoms with Gasteiger partial charge in [-0.15, -0.1) is 0 Å². The summed E-state index contributed by atoms with van der Waals surface area (Å²) in [4.78, 5) is 126. The van der Waals surface area contributed by atoms with Gasteiger partial charge in [0.15, 0.2) is 0 Å². The van der Waals surface area contributed by atoms with E-state index >= 15 is 0 Å². The zero-order valence-electron chi connectivity index (χ0n) is 49.0. The Kier molecular flexibility index (Phi) is 40.1. The molecule has 79 heavy (non-hydrogen) atoms. The van der Waals surface area contributed by atoms with Crippen molar-refractivity contribution in [2.75, 3.05) is 26.7 Å². The van der Waals surface area contributed by atoms with Gasteiger partial charge >= 0.3 is 11.9 Å². The van der Waals surface area contributed by atoms with E-state index in [9.17, 15) is 43.2 Å². The molecule has 0 aliphatic heterocycles. The molecule has 9 amide bonds. The van der Waals surface area contributed by atoms with Gasteiger partial charge < -0.3 is 53.6 Å². The maximum absolute atomic E-state index is 14.3. The number of carbonyl (C=O) groups excluding carboxylic acids is 9. The molecule has 0 aromatic heterocycles. The Morgan fingerprint density at radius 2 is 0.810 bits per heavy atom. The van der Waals surface area contributed by atoms with Crippen molar-refractivity contribution in [3.05, 3.63) is 6.54 Å². The van der Waals surface area contributed by atoms with Crippen molar-refractivity contribution < 1.29 is 53.1 Å². The van der Waals surface area contributed by atoms with Gasteiger partial charge in [0.1, 0.15) is 48.8 Å². The van der Waals surface area contributed by atoms with Gasteiger partial charge in [-0.1, -0.05) is 119 Å². The van der Waals surface area contributed by atoms with E-state index in [-0.39, 0.29) is 101 Å². The third-order valence-electron chi connectivity index (χ3n) is 12.9. The summed E-state index contributed by atoms with van der Waals surface area (Å²) in [5, 5.41) is 24.3. The van der Waals surface area contributed by atoms with Gasteiger partial charge in [0.05, 0.1) is 13.1 Å². The molecule has 0 bridgehead atoms. The van der Waals surface area contributed by atoms with Gasteiger partial charge in [-0.05, 0) is 90.1 Å². The van der Waals surface area contributed by atoms with E-state index in [4.69, 9.17) is 28.7 Å². The molecule has 0 aliphatic rings. The van der Waals surface area contributed by atoms with E-state index in [1.807, 2.05) is 27.7 Å². The van der Waals surface area contributed by atoms with Crippen LogP contribution in [0.1, 0.15) is 190 Å². The van der Waals surface area contributed by atoms with E-state index in [0.717, 1.165) is 25.8 Å². The van der Waals surface area contributed by atoms with Crippen LogP contribution in [0.4, 0.5) is 0 Å². The highest BCUT2D eigenvalue weighted by molar-refractivity contribution is 5.98. The first-order chi connectivity index (χ1) is 37.4. The van der Waals surface area contributed by atoms with Crippen LogP contribution < -0.4 is 86.5 Å². The second kappa shape index (κ2) is 43.6. The van der Waals surface area contributed by atoms with Crippen LogP contribution in [0.15, 0.2) is 0 Å². The highest BCUT2D eigenvalue weighted by Gasteiger charge is 2.33. The van der Waals surface area contributed by atoms with Gasteiger partial charge in [-0.3, -0.25) is 76.1 Å². The van der Waals surface area contributed by atoms with Crippen molar-refractivity contribution in [3.8, 4) is 0 Å². The largest absolute Gasteiger partial charge is 0.368 e. The number of amides is 9. The van der Waals surface area contributed by atoms with Crippen LogP contribution in [0.25, 0.3) is 0 Å². The molecule has 0 fully saturated rings. The topological polar surface area (TPSA) is 420 Å². The molecule has 7 unspecified atom stereocenters. The molecule has 21 N–H and O–H groups in total. The zero-order valence-corrected chi connectivity index (χ0v) is 49.0. The molecule has 25 nitrogen and oxygen atoms in total. The van der Waals surface area contributed by atoms with E-state index in [1.54, 1.807) is 14.0 Å². The highest BCUT2D eigenvalue weighted by Crippen LogP contribution is 2.14. The monoisotopic (exact) mass is 1120 g/mol. The molecule has 1 radical (unpaired) electrons. The Balaban J connectivity index is 6.23. The average Bonchev–Trinajstić information content (AvgIpc) is 3.37. The first-order valence-corrected chi connectivity index (χ1v) is 28.9. The number of guanidine groups is 2. The number of nitrogens with two attached hydrogens (primary N) is 5. The van der Waals surface area contributed by atoms with Crippen molar-refractivity contribution >= 4 is 65.1 Å². The second-order valence-electron chi connectivity index (χ2n) is 21.3. The fraction of sp³-hybridized carbons (Fsp3) is 0.778. The fourth-order valence-corrected chi connectivity index (χ4v) is 8.51. The van der Waals surface area contributed by atoms with Gasteiger partial charge in [0.25, 0.3) is 0 Å². The third kappa shape index (κ3) is 36.5. The summed E-state index contributed by atoms with van der Waals surface area (Å²) in [6.07, 6.45) is 16.8. The van der Waals surface area contributed by atoms with Gasteiger partial charge in [0.2, 0.25) is 53.2 Å². The molecule has 7 atom stereocenters. The van der Waals surface area contributed by atoms with Crippen LogP contribution in [0, 0.1) is 18.4 Å². The smallest absolute Gasteiger partial charge is 0.338 e. The Morgan fingerprint density at radius 1 is 0.430 bits per heavy atom. The van der Waals surface area contributed by atoms with E-state index in [2.05, 4.69) is 64.8 Å². The quantitative estimate of drug-likeness (QED) is 0.0165. The predicted molar refractivity (Wildman–Crippen MR) is 306 cm³/mol. The van der Waals surface area contributed by atoms with Crippen LogP contribution in [-0.4, -0.2) is 134 Å². The molecule has 0 saturated carbocycles. The molecule has 0 rings (SSSR count). The maximum Gasteiger partial charge on any atom is 0.338 e. The van der Waals surface area contributed by atoms with Crippen molar-refractivity contribution in [3.63, 3.8) is 0 Å². The van der Waals surface area contributed by atoms with Crippen molar-refractivity contribution in [2.45, 2.75) is 232 Å². The summed E-state index contributed by atoms with van der Waals surface area (Å²) in [6.45, 7) is 14.2. The molecule has 453 valence electrons. The summed E-state index contributed by atoms with van der Waals surface area (Å²) >= 11 is 0. The SMILES string of the molecule is CCCCCCCCCCCCCCCC(=O)NC(CCNC)C(=O)NC(CC(C)C)C(=O)NC(CCC[NH+]=C(N)N)C(=O)NC(CCC[NH+]=C(N)N)C(=O)NC(C)C(=O)NC(CC)C(=O)NC(CC(C)C)C(=O)N[CH]C(N)=O. The van der Waals surface area contributed by atoms with E-state index in [0.29, 0.717) is 13.0 Å². The minimum absolute atomic E-state index is 0.00464. The van der Waals surface area contributed by atoms with E-state index < -0.39 is 89.6 Å². The van der Waals surface area contributed by atoms with Gasteiger partial charge in [-0.25, -0.2) is 0 Å². The second-order valence-corrected chi connectivity index (χ2v) is 21.3. The molecule has 25 heteroatoms. The van der Waals surface area contributed by atoms with Crippen molar-refractivity contribution in [1.29, 1.82) is 0 Å². The normalized spacial score (nSPS) is 13.7. The van der Waals surface area contributed by atoms with Crippen LogP contribution in [0.2, 0.25) is 0 Å². The fourth-order valence-electron chi connectivity index (χ4n) is 8.51. The summed E-state index contributed by atoms with van der Waals surface area (Å²) in [5.74, 6) is -6.32. The standard InChI is InChI=1S/C54H103N16O9/c1-9-11-12-13-14-15-16-17-18-19-20-21-22-27-45(72)65-41(28-31-60-8)51(78)70-43(33-36(5)6)52(79)68-40(26-24-30-62-54(58)59)50(77)67-39(25-23-29-61-53(56)57)49(76)64-37(7)46(73)66-38(10-2)48(75)69-42(32-35(3)4)47(74)63-34-44(55)71/h34-43,60H,9-33H2,1-8H3,(H2,55,71)(H,63,74)(H,64,76)(H,65,72)(H,66,73)(H,67,77)(H,68,79)(H,69,75)(H,70,78)(H4,56,57,61)(H4,58,59,62)/p+2. The maximum atomic E-state index is 14.3. The molecule has 0 heterocycles. The minimum Gasteiger partial charge on any atom is -0.368 e. The summed E-state index contributed by atoms with van der Waals surface area (Å²) in [7, 11) is 1.73. The lowest BCUT2D eigenvalue weighted by molar-refractivity contribution is -0.460. The minimum atomic E-state index is -1.28. The molecular weight excluding hydrogens is 1020 g/mol. The summed E-state index contributed by atoms with van der Waals surface area (Å²) in [6, 6.07) is -8.07. The highest BCUT2D eigenvalue weighted by atomic mass is 16.2. The molecule has 0 saturated heterocycles. The Morgan fingerprint density at radius 3 is 1.23 bits per heavy atom. The molecular formula is C54H105N16O9+2. The summed E-state index contributed by atoms with van der Waals surface area (Å²) < 4.78 is 0. The lowest BCUT2D eigenvalue weighted by Gasteiger charge is -2.28. The summed E-state index contributed by atoms with van der Waals surface area (Å²) in [5.41, 5.74) is 27.5. The number of rotatable bonds is 46. The van der Waals surface area contributed by atoms with Crippen LogP contribution in [-0.2, 0) is 43.2 Å². The first kappa shape index (κ1) is 72.7. The molecule has 0 spiro atoms. The molecule has 0 aliphatic carbocycles. The number of carbonyl (C=O) groups is 9. The van der Waals surface area contributed by atoms with Crippen LogP contribution >= 0.6 is 0 Å². The van der Waals surface area contributed by atoms with Gasteiger partial charge in [0, 0.05) is 6.42 Å². The van der Waals surface area contributed by atoms with Crippen LogP contribution in [0.3, 0.4) is 0 Å². The van der Waals surface area contributed by atoms with E-state index in [1.165, 1.54) is 64.7 Å². The molecule has 0 aromatic rings. The lowest BCUT2D eigenvalue weighted by atomic mass is 10.0. The number of hydrogen-bond donors (Lipinski definition) is 16. The van der Waals surface area contributed by atoms with Crippen LogP contribution in [0.5, 0.6) is 0 Å². The Bertz CT molecular complexity index is 1890. The van der Waals surface area contributed by atoms with Gasteiger partial charge in [-0.2, -0.15) is 0 Å². The average molecular weight is 1120 g/mol. The number of unbranched alkanes of at least 4 members (excludes halogenated alkanes) is 12. The molecule has 0 aromatic carbocycles. The number of primary amides is 1. The zero-order chi connectivity index (χ0) is 59.7. The Hall–Kier alpha value is -6.27. The van der Waals surface area contributed by atoms with Crippen molar-refractivity contribution in [2.24, 2.45) is 40.5 Å². The number of hydrogen-bond acceptors (Lipinski definition) is 10. The van der Waals surface area contributed by atoms with Crippen molar-refractivity contribution in [1.82, 2.24) is 47.9 Å².